The molecule has 1 aliphatic heterocycles. The Morgan fingerprint density at radius 1 is 1.69 bits per heavy atom. The molecule has 0 radical (unpaired) electrons. The van der Waals surface area contributed by atoms with Crippen molar-refractivity contribution in [2.75, 3.05) is 6.61 Å². The van der Waals surface area contributed by atoms with Gasteiger partial charge in [-0.2, -0.15) is 4.98 Å². The molecule has 1 unspecified atom stereocenters. The number of nitrogens with zero attached hydrogens (tertiary/aromatic N) is 2. The number of ether oxygens (including phenoxy) is 1. The van der Waals surface area contributed by atoms with Crippen molar-refractivity contribution < 1.29 is 4.74 Å². The lowest BCUT2D eigenvalue weighted by atomic mass is 10.0. The summed E-state index contributed by atoms with van der Waals surface area (Å²) in [4.78, 5) is 8.35. The smallest absolute Gasteiger partial charge is 0.274 e. The standard InChI is InChI=1S/C10H10IN3OS/c1-2-8-6(7(12)3-13-8)4-15-10-14-9(11)5-16-10/h2-3,5-6H,1,4,12H2. The Morgan fingerprint density at radius 2 is 2.50 bits per heavy atom. The van der Waals surface area contributed by atoms with Crippen LogP contribution in [0.3, 0.4) is 0 Å². The van der Waals surface area contributed by atoms with E-state index in [0.717, 1.165) is 9.41 Å². The van der Waals surface area contributed by atoms with Crippen molar-refractivity contribution >= 4 is 39.6 Å². The fraction of sp³-hybridized carbons (Fsp3) is 0.200. The van der Waals surface area contributed by atoms with Crippen LogP contribution in [0, 0.1) is 9.62 Å². The minimum Gasteiger partial charge on any atom is -0.469 e. The highest BCUT2D eigenvalue weighted by Crippen LogP contribution is 2.22. The summed E-state index contributed by atoms with van der Waals surface area (Å²) in [7, 11) is 0. The molecule has 0 spiro atoms. The van der Waals surface area contributed by atoms with Crippen LogP contribution in [0.4, 0.5) is 0 Å². The van der Waals surface area contributed by atoms with Crippen LogP contribution >= 0.6 is 33.9 Å². The molecular weight excluding hydrogens is 337 g/mol. The highest BCUT2D eigenvalue weighted by Gasteiger charge is 2.22. The number of halogens is 1. The van der Waals surface area contributed by atoms with Gasteiger partial charge in [0, 0.05) is 17.3 Å². The minimum atomic E-state index is -0.000869. The summed E-state index contributed by atoms with van der Waals surface area (Å²) in [6.45, 7) is 4.15. The van der Waals surface area contributed by atoms with E-state index in [1.54, 1.807) is 12.3 Å². The summed E-state index contributed by atoms with van der Waals surface area (Å²) < 4.78 is 6.50. The molecule has 2 N–H and O–H groups in total. The molecule has 2 rings (SSSR count). The van der Waals surface area contributed by atoms with E-state index in [-0.39, 0.29) is 5.92 Å². The second-order valence-corrected chi connectivity index (χ2v) is 5.11. The molecule has 84 valence electrons. The van der Waals surface area contributed by atoms with Gasteiger partial charge in [-0.25, -0.2) is 0 Å². The molecule has 16 heavy (non-hydrogen) atoms. The molecule has 4 nitrogen and oxygen atoms in total. The first kappa shape index (κ1) is 11.6. The van der Waals surface area contributed by atoms with Gasteiger partial charge in [0.1, 0.15) is 10.3 Å². The Morgan fingerprint density at radius 3 is 3.12 bits per heavy atom. The SMILES string of the molecule is C=CC1=NC=C(N)C1COc1nc(I)cs1. The molecule has 0 bridgehead atoms. The summed E-state index contributed by atoms with van der Waals surface area (Å²) in [5.74, 6) is -0.000869. The van der Waals surface area contributed by atoms with Crippen LogP contribution in [0.15, 0.2) is 34.9 Å². The number of nitrogens with two attached hydrogens (primary N) is 1. The van der Waals surface area contributed by atoms with Crippen molar-refractivity contribution in [1.29, 1.82) is 0 Å². The Bertz CT molecular complexity index is 466. The first-order chi connectivity index (χ1) is 7.70. The monoisotopic (exact) mass is 347 g/mol. The van der Waals surface area contributed by atoms with Crippen molar-refractivity contribution in [3.05, 3.63) is 33.6 Å². The fourth-order valence-electron chi connectivity index (χ4n) is 1.34. The number of thiazole rings is 1. The highest BCUT2D eigenvalue weighted by atomic mass is 127. The zero-order valence-corrected chi connectivity index (χ0v) is 11.4. The van der Waals surface area contributed by atoms with Crippen LogP contribution < -0.4 is 10.5 Å². The fourth-order valence-corrected chi connectivity index (χ4v) is 2.64. The summed E-state index contributed by atoms with van der Waals surface area (Å²) in [6, 6.07) is 0. The number of aromatic nitrogens is 1. The number of allylic oxidation sites excluding steroid dienone is 1. The number of aliphatic imine (C=N–C) groups is 1. The van der Waals surface area contributed by atoms with Crippen LogP contribution in [0.5, 0.6) is 5.19 Å². The lowest BCUT2D eigenvalue weighted by Gasteiger charge is -2.12. The summed E-state index contributed by atoms with van der Waals surface area (Å²) in [5.41, 5.74) is 7.37. The van der Waals surface area contributed by atoms with Gasteiger partial charge in [0.05, 0.1) is 11.6 Å². The van der Waals surface area contributed by atoms with Gasteiger partial charge in [0.25, 0.3) is 5.19 Å². The van der Waals surface area contributed by atoms with Gasteiger partial charge in [-0.15, -0.1) is 0 Å². The van der Waals surface area contributed by atoms with E-state index in [1.165, 1.54) is 11.3 Å². The first-order valence-electron chi connectivity index (χ1n) is 4.60. The first-order valence-corrected chi connectivity index (χ1v) is 6.56. The van der Waals surface area contributed by atoms with Crippen molar-refractivity contribution in [1.82, 2.24) is 4.98 Å². The molecule has 0 aliphatic carbocycles. The van der Waals surface area contributed by atoms with E-state index in [2.05, 4.69) is 39.1 Å². The van der Waals surface area contributed by atoms with Gasteiger partial charge < -0.3 is 10.5 Å². The molecule has 1 aliphatic rings. The second kappa shape index (κ2) is 4.96. The minimum absolute atomic E-state index is 0.000869. The number of hydrogen-bond acceptors (Lipinski definition) is 5. The van der Waals surface area contributed by atoms with Crippen molar-refractivity contribution in [3.8, 4) is 5.19 Å². The van der Waals surface area contributed by atoms with E-state index >= 15 is 0 Å². The Hall–Kier alpha value is -0.890. The zero-order chi connectivity index (χ0) is 11.5. The second-order valence-electron chi connectivity index (χ2n) is 3.19. The third-order valence-electron chi connectivity index (χ3n) is 2.16. The van der Waals surface area contributed by atoms with Gasteiger partial charge in [0.2, 0.25) is 0 Å². The third-order valence-corrected chi connectivity index (χ3v) is 3.89. The summed E-state index contributed by atoms with van der Waals surface area (Å²) in [5, 5.41) is 2.60. The molecule has 0 fully saturated rings. The normalized spacial score (nSPS) is 19.2. The van der Waals surface area contributed by atoms with Gasteiger partial charge in [-0.3, -0.25) is 4.99 Å². The molecule has 2 heterocycles. The van der Waals surface area contributed by atoms with Gasteiger partial charge >= 0.3 is 0 Å². The predicted molar refractivity (Wildman–Crippen MR) is 73.7 cm³/mol. The van der Waals surface area contributed by atoms with Crippen LogP contribution in [0.1, 0.15) is 0 Å². The van der Waals surface area contributed by atoms with Gasteiger partial charge in [-0.1, -0.05) is 17.9 Å². The van der Waals surface area contributed by atoms with Crippen molar-refractivity contribution in [2.24, 2.45) is 16.6 Å². The number of hydrogen-bond donors (Lipinski definition) is 1. The van der Waals surface area contributed by atoms with E-state index in [9.17, 15) is 0 Å². The van der Waals surface area contributed by atoms with E-state index in [0.29, 0.717) is 17.5 Å². The quantitative estimate of drug-likeness (QED) is 0.850. The third kappa shape index (κ3) is 2.43. The summed E-state index contributed by atoms with van der Waals surface area (Å²) in [6.07, 6.45) is 3.35. The van der Waals surface area contributed by atoms with Crippen LogP contribution in [0.2, 0.25) is 0 Å². The molecule has 0 saturated heterocycles. The molecule has 1 aromatic heterocycles. The highest BCUT2D eigenvalue weighted by molar-refractivity contribution is 14.1. The molecule has 1 atom stereocenters. The van der Waals surface area contributed by atoms with E-state index < -0.39 is 0 Å². The Balaban J connectivity index is 1.97. The van der Waals surface area contributed by atoms with Crippen LogP contribution in [-0.4, -0.2) is 17.3 Å². The topological polar surface area (TPSA) is 60.5 Å². The molecule has 6 heteroatoms. The maximum atomic E-state index is 5.81. The Labute approximate surface area is 111 Å². The van der Waals surface area contributed by atoms with Gasteiger partial charge in [-0.05, 0) is 28.7 Å². The Kier molecular flexibility index (Phi) is 3.59. The van der Waals surface area contributed by atoms with E-state index in [1.807, 2.05) is 5.38 Å². The van der Waals surface area contributed by atoms with Crippen LogP contribution in [-0.2, 0) is 0 Å². The zero-order valence-electron chi connectivity index (χ0n) is 8.39. The summed E-state index contributed by atoms with van der Waals surface area (Å²) >= 11 is 3.62. The largest absolute Gasteiger partial charge is 0.469 e. The molecule has 1 aromatic rings. The predicted octanol–water partition coefficient (Wildman–Crippen LogP) is 2.18. The lowest BCUT2D eigenvalue weighted by molar-refractivity contribution is 0.298. The van der Waals surface area contributed by atoms with E-state index in [4.69, 9.17) is 10.5 Å². The van der Waals surface area contributed by atoms with Crippen LogP contribution in [0.25, 0.3) is 0 Å². The average molecular weight is 347 g/mol. The lowest BCUT2D eigenvalue weighted by Crippen LogP contribution is -2.23. The number of rotatable bonds is 4. The maximum Gasteiger partial charge on any atom is 0.274 e. The van der Waals surface area contributed by atoms with Crippen molar-refractivity contribution in [2.45, 2.75) is 0 Å². The molecule has 0 amide bonds. The molecule has 0 saturated carbocycles. The van der Waals surface area contributed by atoms with Gasteiger partial charge in [0.15, 0.2) is 0 Å². The average Bonchev–Trinajstić information content (AvgIpc) is 2.82. The molecular formula is C10H10IN3OS. The van der Waals surface area contributed by atoms with Crippen molar-refractivity contribution in [3.63, 3.8) is 0 Å². The maximum absolute atomic E-state index is 5.81. The molecule has 0 aromatic carbocycles.